The van der Waals surface area contributed by atoms with E-state index in [9.17, 15) is 4.79 Å². The molecule has 1 aromatic rings. The fraction of sp³-hybridized carbons (Fsp3) is 0.500. The van der Waals surface area contributed by atoms with Crippen LogP contribution in [0.1, 0.15) is 5.69 Å². The number of rotatable bonds is 3. The number of carbonyl (C=O) groups is 1. The molecule has 2 N–H and O–H groups in total. The van der Waals surface area contributed by atoms with Crippen LogP contribution in [-0.4, -0.2) is 28.6 Å². The first kappa shape index (κ1) is 16.0. The summed E-state index contributed by atoms with van der Waals surface area (Å²) in [5, 5.41) is 7.92. The molecular weight excluding hydrogens is 289 g/mol. The van der Waals surface area contributed by atoms with Crippen molar-refractivity contribution in [2.45, 2.75) is 12.6 Å². The molecule has 0 saturated carbocycles. The maximum absolute atomic E-state index is 11.5. The van der Waals surface area contributed by atoms with Crippen molar-refractivity contribution in [3.63, 3.8) is 0 Å². The maximum Gasteiger partial charge on any atom is 0.238 e. The first-order chi connectivity index (χ1) is 6.86. The number of aromatic nitrogens is 1. The molecule has 16 heavy (non-hydrogen) atoms. The van der Waals surface area contributed by atoms with Gasteiger partial charge in [-0.3, -0.25) is 10.1 Å². The molecule has 1 aliphatic rings. The van der Waals surface area contributed by atoms with E-state index in [1.807, 2.05) is 5.38 Å². The van der Waals surface area contributed by atoms with Gasteiger partial charge in [0, 0.05) is 17.0 Å². The highest BCUT2D eigenvalue weighted by molar-refractivity contribution is 7.99. The quantitative estimate of drug-likeness (QED) is 0.883. The monoisotopic (exact) mass is 301 g/mol. The van der Waals surface area contributed by atoms with Crippen LogP contribution in [0.3, 0.4) is 0 Å². The summed E-state index contributed by atoms with van der Waals surface area (Å²) in [6.07, 6.45) is 0. The average molecular weight is 302 g/mol. The van der Waals surface area contributed by atoms with Crippen LogP contribution in [0.5, 0.6) is 0 Å². The summed E-state index contributed by atoms with van der Waals surface area (Å²) in [6.45, 7) is 0.533. The third kappa shape index (κ3) is 4.47. The van der Waals surface area contributed by atoms with E-state index >= 15 is 0 Å². The van der Waals surface area contributed by atoms with Gasteiger partial charge in [0.2, 0.25) is 5.91 Å². The van der Waals surface area contributed by atoms with E-state index in [0.717, 1.165) is 17.3 Å². The lowest BCUT2D eigenvalue weighted by Gasteiger charge is -2.08. The number of amides is 1. The van der Waals surface area contributed by atoms with Gasteiger partial charge < -0.3 is 5.32 Å². The summed E-state index contributed by atoms with van der Waals surface area (Å²) in [4.78, 5) is 15.6. The van der Waals surface area contributed by atoms with E-state index in [0.29, 0.717) is 6.54 Å². The second kappa shape index (κ2) is 8.14. The van der Waals surface area contributed by atoms with Gasteiger partial charge in [0.15, 0.2) is 0 Å². The molecule has 2 heterocycles. The van der Waals surface area contributed by atoms with Gasteiger partial charge in [0.05, 0.1) is 23.8 Å². The molecule has 1 fully saturated rings. The predicted octanol–water partition coefficient (Wildman–Crippen LogP) is 1.27. The van der Waals surface area contributed by atoms with Crippen molar-refractivity contribution in [1.29, 1.82) is 0 Å². The fourth-order valence-electron chi connectivity index (χ4n) is 1.19. The highest BCUT2D eigenvalue weighted by atomic mass is 35.5. The van der Waals surface area contributed by atoms with Crippen LogP contribution in [0.25, 0.3) is 0 Å². The Bertz CT molecular complexity index is 304. The minimum atomic E-state index is -0.0290. The summed E-state index contributed by atoms with van der Waals surface area (Å²) >= 11 is 3.29. The third-order valence-corrected chi connectivity index (χ3v) is 3.54. The number of nitrogens with one attached hydrogen (secondary N) is 2. The van der Waals surface area contributed by atoms with Crippen LogP contribution >= 0.6 is 47.9 Å². The second-order valence-corrected chi connectivity index (χ2v) is 4.72. The summed E-state index contributed by atoms with van der Waals surface area (Å²) in [5.74, 6) is 1.81. The lowest BCUT2D eigenvalue weighted by Crippen LogP contribution is -2.41. The Morgan fingerprint density at radius 3 is 3.00 bits per heavy atom. The standard InChI is InChI=1S/C8H11N3OS2.2ClH/c12-8(7-3-14-5-11-7)9-1-6-2-13-4-10-6;;/h2,4,7,11H,1,3,5H2,(H,9,12);2*1H/t7-;;/m1../s1. The van der Waals surface area contributed by atoms with Crippen LogP contribution in [0, 0.1) is 0 Å². The van der Waals surface area contributed by atoms with E-state index in [2.05, 4.69) is 15.6 Å². The van der Waals surface area contributed by atoms with Crippen molar-refractivity contribution in [1.82, 2.24) is 15.6 Å². The van der Waals surface area contributed by atoms with Gasteiger partial charge in [-0.05, 0) is 0 Å². The predicted molar refractivity (Wildman–Crippen MR) is 72.7 cm³/mol. The summed E-state index contributed by atoms with van der Waals surface area (Å²) in [6, 6.07) is -0.0290. The van der Waals surface area contributed by atoms with Gasteiger partial charge in [0.25, 0.3) is 0 Å². The van der Waals surface area contributed by atoms with Crippen molar-refractivity contribution >= 4 is 53.8 Å². The first-order valence-electron chi connectivity index (χ1n) is 4.32. The molecule has 4 nitrogen and oxygen atoms in total. The molecule has 0 radical (unpaired) electrons. The van der Waals surface area contributed by atoms with Crippen LogP contribution in [0.2, 0.25) is 0 Å². The minimum Gasteiger partial charge on any atom is -0.349 e. The Labute approximate surface area is 115 Å². The molecule has 8 heteroatoms. The SMILES string of the molecule is Cl.Cl.O=C(NCc1cscn1)[C@H]1CSCN1. The van der Waals surface area contributed by atoms with Gasteiger partial charge in [-0.2, -0.15) is 0 Å². The van der Waals surface area contributed by atoms with Crippen LogP contribution in [0.15, 0.2) is 10.9 Å². The van der Waals surface area contributed by atoms with E-state index < -0.39 is 0 Å². The van der Waals surface area contributed by atoms with Crippen molar-refractivity contribution in [2.24, 2.45) is 0 Å². The number of thiazole rings is 1. The Kier molecular flexibility index (Phi) is 8.13. The van der Waals surface area contributed by atoms with Gasteiger partial charge in [-0.15, -0.1) is 47.9 Å². The molecule has 2 rings (SSSR count). The third-order valence-electron chi connectivity index (χ3n) is 1.96. The zero-order valence-corrected chi connectivity index (χ0v) is 11.6. The number of carbonyl (C=O) groups excluding carboxylic acids is 1. The van der Waals surface area contributed by atoms with Crippen molar-refractivity contribution < 1.29 is 4.79 Å². The van der Waals surface area contributed by atoms with E-state index in [-0.39, 0.29) is 36.8 Å². The zero-order chi connectivity index (χ0) is 9.80. The molecule has 1 saturated heterocycles. The molecule has 1 aromatic heterocycles. The molecule has 1 atom stereocenters. The van der Waals surface area contributed by atoms with Gasteiger partial charge in [-0.1, -0.05) is 0 Å². The van der Waals surface area contributed by atoms with E-state index in [1.54, 1.807) is 28.6 Å². The van der Waals surface area contributed by atoms with Crippen LogP contribution in [-0.2, 0) is 11.3 Å². The highest BCUT2D eigenvalue weighted by Crippen LogP contribution is 2.09. The minimum absolute atomic E-state index is 0. The van der Waals surface area contributed by atoms with Crippen molar-refractivity contribution in [3.05, 3.63) is 16.6 Å². The van der Waals surface area contributed by atoms with Gasteiger partial charge in [-0.25, -0.2) is 4.98 Å². The largest absolute Gasteiger partial charge is 0.349 e. The number of halogens is 2. The fourth-order valence-corrected chi connectivity index (χ4v) is 2.69. The summed E-state index contributed by atoms with van der Waals surface area (Å²) in [7, 11) is 0. The molecule has 0 aromatic carbocycles. The smallest absolute Gasteiger partial charge is 0.238 e. The van der Waals surface area contributed by atoms with E-state index in [1.165, 1.54) is 0 Å². The molecule has 1 amide bonds. The van der Waals surface area contributed by atoms with Gasteiger partial charge in [0.1, 0.15) is 0 Å². The molecule has 0 bridgehead atoms. The first-order valence-corrected chi connectivity index (χ1v) is 6.42. The molecule has 0 aliphatic carbocycles. The molecule has 0 spiro atoms. The van der Waals surface area contributed by atoms with Crippen LogP contribution in [0.4, 0.5) is 0 Å². The van der Waals surface area contributed by atoms with Gasteiger partial charge >= 0.3 is 0 Å². The Morgan fingerprint density at radius 1 is 1.62 bits per heavy atom. The Morgan fingerprint density at radius 2 is 2.44 bits per heavy atom. The zero-order valence-electron chi connectivity index (χ0n) is 8.34. The van der Waals surface area contributed by atoms with Crippen LogP contribution < -0.4 is 10.6 Å². The highest BCUT2D eigenvalue weighted by Gasteiger charge is 2.21. The number of hydrogen-bond acceptors (Lipinski definition) is 5. The summed E-state index contributed by atoms with van der Waals surface area (Å²) < 4.78 is 0. The van der Waals surface area contributed by atoms with Crippen molar-refractivity contribution in [2.75, 3.05) is 11.6 Å². The lowest BCUT2D eigenvalue weighted by atomic mass is 10.3. The Hall–Kier alpha value is -0.0100. The topological polar surface area (TPSA) is 54.0 Å². The number of hydrogen-bond donors (Lipinski definition) is 2. The number of thioether (sulfide) groups is 1. The molecule has 0 unspecified atom stereocenters. The Balaban J connectivity index is 0.00000112. The molecule has 92 valence electrons. The summed E-state index contributed by atoms with van der Waals surface area (Å²) in [5.41, 5.74) is 2.69. The lowest BCUT2D eigenvalue weighted by molar-refractivity contribution is -0.122. The average Bonchev–Trinajstić information content (AvgIpc) is 2.87. The normalized spacial score (nSPS) is 18.4. The molecule has 1 aliphatic heterocycles. The van der Waals surface area contributed by atoms with E-state index in [4.69, 9.17) is 0 Å². The molecular formula is C8H13Cl2N3OS2. The maximum atomic E-state index is 11.5. The number of nitrogens with zero attached hydrogens (tertiary/aromatic N) is 1. The second-order valence-electron chi connectivity index (χ2n) is 2.97. The van der Waals surface area contributed by atoms with Crippen molar-refractivity contribution in [3.8, 4) is 0 Å².